The summed E-state index contributed by atoms with van der Waals surface area (Å²) in [6.07, 6.45) is -4.83. The average Bonchev–Trinajstić information content (AvgIpc) is 3.26. The van der Waals surface area contributed by atoms with Crippen molar-refractivity contribution in [1.82, 2.24) is 19.6 Å². The molecule has 1 aliphatic rings. The lowest BCUT2D eigenvalue weighted by molar-refractivity contribution is -0.140. The number of carbonyl (C=O) groups is 2. The van der Waals surface area contributed by atoms with Crippen molar-refractivity contribution in [3.8, 4) is 11.3 Å². The third kappa shape index (κ3) is 4.37. The fraction of sp³-hybridized carbons (Fsp3) is 0.208. The number of amides is 2. The van der Waals surface area contributed by atoms with Crippen molar-refractivity contribution in [3.05, 3.63) is 64.2 Å². The zero-order valence-corrected chi connectivity index (χ0v) is 20.2. The van der Waals surface area contributed by atoms with Crippen molar-refractivity contribution in [3.63, 3.8) is 0 Å². The van der Waals surface area contributed by atoms with Crippen LogP contribution in [0.15, 0.2) is 41.0 Å². The van der Waals surface area contributed by atoms with Crippen molar-refractivity contribution < 1.29 is 36.0 Å². The van der Waals surface area contributed by atoms with E-state index in [1.54, 1.807) is 0 Å². The number of thiophene rings is 1. The third-order valence-electron chi connectivity index (χ3n) is 6.13. The van der Waals surface area contributed by atoms with E-state index in [1.165, 1.54) is 30.5 Å². The van der Waals surface area contributed by atoms with Crippen LogP contribution in [0.5, 0.6) is 0 Å². The van der Waals surface area contributed by atoms with Gasteiger partial charge < -0.3 is 15.5 Å². The van der Waals surface area contributed by atoms with Gasteiger partial charge in [-0.1, -0.05) is 0 Å². The predicted octanol–water partition coefficient (Wildman–Crippen LogP) is 5.78. The molecule has 1 aliphatic carbocycles. The quantitative estimate of drug-likeness (QED) is 0.252. The summed E-state index contributed by atoms with van der Waals surface area (Å²) in [5, 5.41) is 6.43. The summed E-state index contributed by atoms with van der Waals surface area (Å²) in [6, 6.07) is 6.05. The molecule has 0 saturated heterocycles. The van der Waals surface area contributed by atoms with E-state index >= 15 is 0 Å². The average molecular weight is 562 g/mol. The number of alkyl halides is 5. The number of hydrogen-bond acceptors (Lipinski definition) is 7. The van der Waals surface area contributed by atoms with Gasteiger partial charge in [-0.3, -0.25) is 9.59 Å². The molecule has 39 heavy (non-hydrogen) atoms. The van der Waals surface area contributed by atoms with Gasteiger partial charge in [0, 0.05) is 28.6 Å². The highest BCUT2D eigenvalue weighted by atomic mass is 32.1. The van der Waals surface area contributed by atoms with E-state index in [9.17, 15) is 31.5 Å². The second-order valence-electron chi connectivity index (χ2n) is 8.82. The number of fused-ring (bicyclic) bond motifs is 2. The van der Waals surface area contributed by atoms with Crippen molar-refractivity contribution in [1.29, 1.82) is 0 Å². The Bertz CT molecular complexity index is 1770. The number of anilines is 1. The first-order valence-electron chi connectivity index (χ1n) is 11.4. The minimum absolute atomic E-state index is 0.0170. The summed E-state index contributed by atoms with van der Waals surface area (Å²) in [4.78, 5) is 33.0. The van der Waals surface area contributed by atoms with Crippen molar-refractivity contribution in [2.45, 2.75) is 31.4 Å². The van der Waals surface area contributed by atoms with Crippen LogP contribution in [-0.4, -0.2) is 31.4 Å². The lowest BCUT2D eigenvalue weighted by atomic mass is 10.1. The predicted molar refractivity (Wildman–Crippen MR) is 129 cm³/mol. The monoisotopic (exact) mass is 562 g/mol. The number of hydrogen-bond donors (Lipinski definition) is 2. The molecule has 0 atom stereocenters. The van der Waals surface area contributed by atoms with Crippen LogP contribution in [0.2, 0.25) is 0 Å². The number of furan rings is 1. The molecular formula is C24H15F5N6O3S. The van der Waals surface area contributed by atoms with Gasteiger partial charge in [0.05, 0.1) is 12.0 Å². The van der Waals surface area contributed by atoms with Crippen molar-refractivity contribution in [2.24, 2.45) is 5.73 Å². The van der Waals surface area contributed by atoms with Gasteiger partial charge in [-0.05, 0) is 37.1 Å². The van der Waals surface area contributed by atoms with E-state index < -0.39 is 35.8 Å². The zero-order valence-electron chi connectivity index (χ0n) is 19.4. The SMILES string of the molecule is NC(=O)c1sc2nc(C(F)(F)F)cc(-c3ccco3)c2c1NC(=O)c1cc2nc(C3CC3)cc(C(F)F)n2n1. The van der Waals surface area contributed by atoms with Crippen LogP contribution in [0.1, 0.15) is 62.4 Å². The minimum Gasteiger partial charge on any atom is -0.464 e. The number of nitrogens with one attached hydrogen (secondary N) is 1. The van der Waals surface area contributed by atoms with Crippen LogP contribution in [0, 0.1) is 0 Å². The summed E-state index contributed by atoms with van der Waals surface area (Å²) >= 11 is 0.555. The van der Waals surface area contributed by atoms with Gasteiger partial charge in [-0.2, -0.15) is 18.3 Å². The van der Waals surface area contributed by atoms with Gasteiger partial charge >= 0.3 is 6.18 Å². The van der Waals surface area contributed by atoms with E-state index in [2.05, 4.69) is 20.4 Å². The molecule has 3 N–H and O–H groups in total. The highest BCUT2D eigenvalue weighted by Gasteiger charge is 2.36. The van der Waals surface area contributed by atoms with Crippen LogP contribution in [0.3, 0.4) is 0 Å². The standard InChI is InChI=1S/C24H15F5N6O3S/c25-20(26)13-7-11(9-3-4-9)31-16-8-12(34-35(13)16)22(37)33-18-17-10(14-2-1-5-38-14)6-15(24(27,28)29)32-23(17)39-19(18)21(30)36/h1-2,5-9,20H,3-4H2,(H2,30,36)(H,33,37). The summed E-state index contributed by atoms with van der Waals surface area (Å²) < 4.78 is 74.4. The molecule has 0 spiro atoms. The Morgan fingerprint density at radius 1 is 1.18 bits per heavy atom. The third-order valence-corrected chi connectivity index (χ3v) is 7.23. The normalized spacial score (nSPS) is 14.0. The van der Waals surface area contributed by atoms with Crippen LogP contribution in [0.4, 0.5) is 27.6 Å². The minimum atomic E-state index is -4.82. The highest BCUT2D eigenvalue weighted by Crippen LogP contribution is 2.44. The Labute approximate surface area is 218 Å². The molecule has 6 rings (SSSR count). The fourth-order valence-corrected chi connectivity index (χ4v) is 5.22. The molecule has 0 unspecified atom stereocenters. The zero-order chi connectivity index (χ0) is 27.6. The number of pyridine rings is 1. The number of aromatic nitrogens is 4. The molecule has 5 heterocycles. The maximum Gasteiger partial charge on any atom is 0.433 e. The molecule has 0 aliphatic heterocycles. The summed E-state index contributed by atoms with van der Waals surface area (Å²) in [7, 11) is 0. The second-order valence-corrected chi connectivity index (χ2v) is 9.81. The molecule has 5 aromatic rings. The lowest BCUT2D eigenvalue weighted by Crippen LogP contribution is -2.17. The molecule has 200 valence electrons. The van der Waals surface area contributed by atoms with Gasteiger partial charge in [0.25, 0.3) is 18.2 Å². The Morgan fingerprint density at radius 2 is 1.95 bits per heavy atom. The van der Waals surface area contributed by atoms with Gasteiger partial charge in [0.2, 0.25) is 0 Å². The van der Waals surface area contributed by atoms with E-state index in [4.69, 9.17) is 10.2 Å². The number of nitrogens with two attached hydrogens (primary N) is 1. The lowest BCUT2D eigenvalue weighted by Gasteiger charge is -2.10. The Morgan fingerprint density at radius 3 is 2.56 bits per heavy atom. The van der Waals surface area contributed by atoms with Gasteiger partial charge in [-0.25, -0.2) is 23.3 Å². The number of nitrogens with zero attached hydrogens (tertiary/aromatic N) is 4. The molecule has 1 fully saturated rings. The first-order valence-corrected chi connectivity index (χ1v) is 12.2. The van der Waals surface area contributed by atoms with E-state index in [0.717, 1.165) is 23.4 Å². The Hall–Kier alpha value is -4.40. The Kier molecular flexibility index (Phi) is 5.64. The topological polar surface area (TPSA) is 128 Å². The molecule has 1 saturated carbocycles. The number of rotatable bonds is 6. The molecule has 0 radical (unpaired) electrons. The highest BCUT2D eigenvalue weighted by molar-refractivity contribution is 7.21. The molecule has 2 amide bonds. The molecule has 0 bridgehead atoms. The van der Waals surface area contributed by atoms with Crippen molar-refractivity contribution in [2.75, 3.05) is 5.32 Å². The second kappa shape index (κ2) is 8.83. The van der Waals surface area contributed by atoms with Gasteiger partial charge in [0.15, 0.2) is 11.3 Å². The first-order chi connectivity index (χ1) is 18.5. The van der Waals surface area contributed by atoms with Crippen molar-refractivity contribution >= 4 is 44.7 Å². The number of carbonyl (C=O) groups excluding carboxylic acids is 2. The summed E-state index contributed by atoms with van der Waals surface area (Å²) in [5.74, 6) is -1.88. The maximum absolute atomic E-state index is 13.8. The van der Waals surface area contributed by atoms with Gasteiger partial charge in [0.1, 0.15) is 26.9 Å². The number of halogens is 5. The van der Waals surface area contributed by atoms with E-state index in [-0.39, 0.29) is 49.4 Å². The maximum atomic E-state index is 13.8. The smallest absolute Gasteiger partial charge is 0.433 e. The van der Waals surface area contributed by atoms with Gasteiger partial charge in [-0.15, -0.1) is 11.3 Å². The first kappa shape index (κ1) is 24.9. The summed E-state index contributed by atoms with van der Waals surface area (Å²) in [6.45, 7) is 0. The molecule has 15 heteroatoms. The molecule has 5 aromatic heterocycles. The molecule has 9 nitrogen and oxygen atoms in total. The molecular weight excluding hydrogens is 547 g/mol. The van der Waals surface area contributed by atoms with Crippen LogP contribution in [-0.2, 0) is 6.18 Å². The number of primary amides is 1. The fourth-order valence-electron chi connectivity index (χ4n) is 4.21. The van der Waals surface area contributed by atoms with E-state index in [0.29, 0.717) is 17.0 Å². The summed E-state index contributed by atoms with van der Waals surface area (Å²) in [5.41, 5.74) is 3.68. The largest absolute Gasteiger partial charge is 0.464 e. The Balaban J connectivity index is 1.49. The van der Waals surface area contributed by atoms with Crippen LogP contribution in [0.25, 0.3) is 27.2 Å². The molecule has 0 aromatic carbocycles. The van der Waals surface area contributed by atoms with Crippen LogP contribution >= 0.6 is 11.3 Å². The van der Waals surface area contributed by atoms with Crippen LogP contribution < -0.4 is 11.1 Å². The van der Waals surface area contributed by atoms with E-state index in [1.807, 2.05) is 0 Å².